The van der Waals surface area contributed by atoms with Crippen LogP contribution in [0.25, 0.3) is 16.9 Å². The van der Waals surface area contributed by atoms with Crippen LogP contribution in [0.5, 0.6) is 5.75 Å². The molecule has 0 aliphatic heterocycles. The number of hydrogen-bond acceptors (Lipinski definition) is 7. The highest BCUT2D eigenvalue weighted by Crippen LogP contribution is 2.37. The van der Waals surface area contributed by atoms with Crippen LogP contribution in [0.1, 0.15) is 42.5 Å². The summed E-state index contributed by atoms with van der Waals surface area (Å²) in [5.74, 6) is -0.224. The zero-order valence-corrected chi connectivity index (χ0v) is 24.5. The zero-order chi connectivity index (χ0) is 30.3. The van der Waals surface area contributed by atoms with Crippen molar-refractivity contribution in [2.45, 2.75) is 51.0 Å². The van der Waals surface area contributed by atoms with Crippen molar-refractivity contribution in [2.24, 2.45) is 0 Å². The smallest absolute Gasteiger partial charge is 0.261 e. The summed E-state index contributed by atoms with van der Waals surface area (Å²) < 4.78 is 22.9. The van der Waals surface area contributed by atoms with Crippen LogP contribution >= 0.6 is 11.6 Å². The van der Waals surface area contributed by atoms with Crippen molar-refractivity contribution in [3.8, 4) is 23.1 Å². The largest absolute Gasteiger partial charge is 0.456 e. The van der Waals surface area contributed by atoms with E-state index in [4.69, 9.17) is 26.7 Å². The maximum Gasteiger partial charge on any atom is 0.261 e. The summed E-state index contributed by atoms with van der Waals surface area (Å²) in [7, 11) is 2.08. The van der Waals surface area contributed by atoms with E-state index >= 15 is 0 Å². The van der Waals surface area contributed by atoms with Crippen LogP contribution in [-0.4, -0.2) is 61.2 Å². The number of hydrogen-bond donors (Lipinski definition) is 1. The normalized spacial score (nSPS) is 15.7. The number of halogens is 2. The summed E-state index contributed by atoms with van der Waals surface area (Å²) in [6.45, 7) is 4.70. The van der Waals surface area contributed by atoms with Gasteiger partial charge in [0.25, 0.3) is 12.3 Å². The Morgan fingerprint density at radius 1 is 1.40 bits per heavy atom. The van der Waals surface area contributed by atoms with Crippen LogP contribution in [-0.2, 0) is 6.54 Å². The topological polar surface area (TPSA) is 113 Å². The Morgan fingerprint density at radius 3 is 2.98 bits per heavy atom. The van der Waals surface area contributed by atoms with E-state index in [1.165, 1.54) is 16.3 Å². The maximum atomic E-state index is 14.2. The highest BCUT2D eigenvalue weighted by molar-refractivity contribution is 6.31. The lowest BCUT2D eigenvalue weighted by molar-refractivity contribution is 0.102. The van der Waals surface area contributed by atoms with Crippen molar-refractivity contribution in [3.63, 3.8) is 0 Å². The van der Waals surface area contributed by atoms with Crippen LogP contribution in [0.15, 0.2) is 73.4 Å². The van der Waals surface area contributed by atoms with E-state index in [0.29, 0.717) is 46.6 Å². The number of ether oxygens (including phenoxy) is 1. The first kappa shape index (κ1) is 29.9. The number of carbonyl (C=O) groups is 1. The molecule has 1 aliphatic carbocycles. The van der Waals surface area contributed by atoms with Crippen molar-refractivity contribution >= 4 is 28.8 Å². The quantitative estimate of drug-likeness (QED) is 0.207. The number of nitrogens with one attached hydrogen (secondary N) is 1. The van der Waals surface area contributed by atoms with Gasteiger partial charge in [-0.05, 0) is 63.1 Å². The minimum atomic E-state index is -1.75. The number of nitrogens with zero attached hydrogens (tertiary/aromatic N) is 7. The van der Waals surface area contributed by atoms with Crippen LogP contribution in [0.3, 0.4) is 0 Å². The van der Waals surface area contributed by atoms with Crippen molar-refractivity contribution in [1.29, 1.82) is 5.26 Å². The van der Waals surface area contributed by atoms with Crippen LogP contribution in [0.2, 0.25) is 5.02 Å². The Bertz CT molecular complexity index is 1680. The average molecular weight is 603 g/mol. The highest BCUT2D eigenvalue weighted by Gasteiger charge is 2.23. The summed E-state index contributed by atoms with van der Waals surface area (Å²) in [4.78, 5) is 20.0. The monoisotopic (exact) mass is 602 g/mol. The molecule has 1 aliphatic rings. The van der Waals surface area contributed by atoms with Gasteiger partial charge >= 0.3 is 0 Å². The van der Waals surface area contributed by atoms with E-state index in [2.05, 4.69) is 46.1 Å². The van der Waals surface area contributed by atoms with Crippen molar-refractivity contribution < 1.29 is 13.9 Å². The van der Waals surface area contributed by atoms with Gasteiger partial charge in [-0.15, -0.1) is 0 Å². The van der Waals surface area contributed by atoms with Crippen molar-refractivity contribution in [3.05, 3.63) is 83.9 Å². The molecule has 3 aromatic heterocycles. The minimum Gasteiger partial charge on any atom is -0.456 e. The number of anilines is 1. The molecule has 10 nitrogen and oxygen atoms in total. The molecule has 1 unspecified atom stereocenters. The Kier molecular flexibility index (Phi) is 9.49. The van der Waals surface area contributed by atoms with Gasteiger partial charge in [-0.2, -0.15) is 19.8 Å². The molecule has 1 fully saturated rings. The van der Waals surface area contributed by atoms with Gasteiger partial charge in [-0.3, -0.25) is 9.48 Å². The molecular weight excluding hydrogens is 571 g/mol. The van der Waals surface area contributed by atoms with Gasteiger partial charge in [0.2, 0.25) is 0 Å². The molecule has 12 heteroatoms. The predicted octanol–water partition coefficient (Wildman–Crippen LogP) is 6.07. The number of nitriles is 1. The summed E-state index contributed by atoms with van der Waals surface area (Å²) in [5, 5.41) is 21.2. The first-order valence-electron chi connectivity index (χ1n) is 14.0. The number of alkyl halides is 1. The van der Waals surface area contributed by atoms with Gasteiger partial charge in [0.05, 0.1) is 24.5 Å². The number of fused-ring (bicyclic) bond motifs is 1. The molecule has 0 spiro atoms. The summed E-state index contributed by atoms with van der Waals surface area (Å²) in [6.07, 6.45) is 12.5. The molecule has 1 amide bonds. The fraction of sp³-hybridized carbons (Fsp3) is 0.323. The summed E-state index contributed by atoms with van der Waals surface area (Å²) >= 11 is 6.33. The molecule has 1 N–H and O–H groups in total. The van der Waals surface area contributed by atoms with E-state index in [1.54, 1.807) is 47.5 Å². The minimum absolute atomic E-state index is 0.201. The zero-order valence-electron chi connectivity index (χ0n) is 23.8. The predicted molar refractivity (Wildman–Crippen MR) is 163 cm³/mol. The molecule has 1 atom stereocenters. The number of benzene rings is 1. The number of amides is 1. The molecule has 0 saturated heterocycles. The molecule has 0 bridgehead atoms. The molecule has 1 aromatic carbocycles. The van der Waals surface area contributed by atoms with E-state index in [1.807, 2.05) is 0 Å². The average Bonchev–Trinajstić information content (AvgIpc) is 3.64. The molecule has 43 heavy (non-hydrogen) atoms. The second-order valence-electron chi connectivity index (χ2n) is 10.3. The molecule has 1 saturated carbocycles. The third-order valence-electron chi connectivity index (χ3n) is 7.52. The summed E-state index contributed by atoms with van der Waals surface area (Å²) in [5.41, 5.74) is 3.21. The van der Waals surface area contributed by atoms with E-state index < -0.39 is 12.3 Å². The van der Waals surface area contributed by atoms with Crippen LogP contribution in [0.4, 0.5) is 10.1 Å². The molecule has 3 heterocycles. The van der Waals surface area contributed by atoms with Gasteiger partial charge in [-0.25, -0.2) is 9.50 Å². The van der Waals surface area contributed by atoms with Gasteiger partial charge < -0.3 is 15.0 Å². The number of allylic oxidation sites excluding steroid dienone is 2. The fourth-order valence-corrected chi connectivity index (χ4v) is 5.36. The number of rotatable bonds is 11. The van der Waals surface area contributed by atoms with Gasteiger partial charge in [-0.1, -0.05) is 29.8 Å². The molecular formula is C31H32ClFN8O2. The molecule has 0 radical (unpaired) electrons. The van der Waals surface area contributed by atoms with Crippen LogP contribution < -0.4 is 10.1 Å². The highest BCUT2D eigenvalue weighted by atomic mass is 35.5. The molecule has 222 valence electrons. The first-order chi connectivity index (χ1) is 20.9. The number of carbonyl (C=O) groups excluding carboxylic acids is 1. The second kappa shape index (κ2) is 13.6. The third kappa shape index (κ3) is 7.10. The van der Waals surface area contributed by atoms with E-state index in [-0.39, 0.29) is 11.3 Å². The Hall–Kier alpha value is -4.53. The van der Waals surface area contributed by atoms with Gasteiger partial charge in [0.15, 0.2) is 5.65 Å². The van der Waals surface area contributed by atoms with Gasteiger partial charge in [0.1, 0.15) is 17.0 Å². The van der Waals surface area contributed by atoms with E-state index in [9.17, 15) is 9.18 Å². The van der Waals surface area contributed by atoms with Crippen molar-refractivity contribution in [2.75, 3.05) is 18.9 Å². The third-order valence-corrected chi connectivity index (χ3v) is 7.75. The summed E-state index contributed by atoms with van der Waals surface area (Å²) in [6, 6.07) is 9.17. The van der Waals surface area contributed by atoms with Crippen molar-refractivity contribution in [1.82, 2.24) is 29.3 Å². The Labute approximate surface area is 254 Å². The standard InChI is InChI=1S/C31H32ClFN8O2/c1-3-28(33)43-27-11-8-22(32)18-24(27)29-26(37-31(42)25-19-36-41-16-5-14-35-30(25)41)20-40(38-29)17-12-21-6-9-23(10-7-21)39(2)15-4-13-34/h3,5,8,11-12,14,16,18-20,23,28H,1,4,6-7,9-10,15,17H2,2H3,(H,37,42). The Balaban J connectivity index is 1.42. The fourth-order valence-electron chi connectivity index (χ4n) is 5.19. The number of aromatic nitrogens is 5. The second-order valence-corrected chi connectivity index (χ2v) is 10.8. The lowest BCUT2D eigenvalue weighted by atomic mass is 9.89. The van der Waals surface area contributed by atoms with E-state index in [0.717, 1.165) is 38.3 Å². The lowest BCUT2D eigenvalue weighted by Gasteiger charge is -2.31. The molecule has 5 rings (SSSR count). The molecule has 4 aromatic rings. The maximum absolute atomic E-state index is 14.2. The lowest BCUT2D eigenvalue weighted by Crippen LogP contribution is -2.34. The first-order valence-corrected chi connectivity index (χ1v) is 14.4. The van der Waals surface area contributed by atoms with Crippen LogP contribution in [0, 0.1) is 11.3 Å². The Morgan fingerprint density at radius 2 is 2.21 bits per heavy atom. The van der Waals surface area contributed by atoms with Gasteiger partial charge in [0, 0.05) is 48.2 Å². The SMILES string of the molecule is C=CC(F)Oc1ccc(Cl)cc1-c1nn(CC=C2CCC(N(C)CCC#N)CC2)cc1NC(=O)c1cnn2cccnc12.